The number of halogens is 3. The molecule has 7 heteroatoms. The standard InChI is InChI=1S/C9H7F3N4/c10-9(11,12)7-3-1-6(2-4-7)5-8-13-15-16-14-8/h1-4H,5H2,(H,13,14,15,16). The van der Waals surface area contributed by atoms with Crippen molar-refractivity contribution in [2.45, 2.75) is 12.6 Å². The summed E-state index contributed by atoms with van der Waals surface area (Å²) < 4.78 is 36.8. The van der Waals surface area contributed by atoms with Crippen molar-refractivity contribution in [3.8, 4) is 0 Å². The molecule has 0 aliphatic carbocycles. The molecule has 4 nitrogen and oxygen atoms in total. The van der Waals surface area contributed by atoms with Crippen LogP contribution in [-0.4, -0.2) is 20.6 Å². The third kappa shape index (κ3) is 2.36. The average molecular weight is 228 g/mol. The van der Waals surface area contributed by atoms with Crippen molar-refractivity contribution in [1.29, 1.82) is 0 Å². The molecular formula is C9H7F3N4. The van der Waals surface area contributed by atoms with E-state index in [1.54, 1.807) is 0 Å². The van der Waals surface area contributed by atoms with Crippen LogP contribution in [0.2, 0.25) is 0 Å². The molecule has 0 aliphatic rings. The van der Waals surface area contributed by atoms with Gasteiger partial charge in [0, 0.05) is 6.42 Å². The smallest absolute Gasteiger partial charge is 0.177 e. The second-order valence-electron chi connectivity index (χ2n) is 3.20. The molecule has 0 fully saturated rings. The molecule has 16 heavy (non-hydrogen) atoms. The Morgan fingerprint density at radius 2 is 1.81 bits per heavy atom. The molecule has 1 N–H and O–H groups in total. The van der Waals surface area contributed by atoms with E-state index < -0.39 is 11.7 Å². The van der Waals surface area contributed by atoms with Gasteiger partial charge in [-0.2, -0.15) is 18.4 Å². The van der Waals surface area contributed by atoms with E-state index in [0.717, 1.165) is 12.1 Å². The predicted molar refractivity (Wildman–Crippen MR) is 48.4 cm³/mol. The topological polar surface area (TPSA) is 54.5 Å². The lowest BCUT2D eigenvalue weighted by Crippen LogP contribution is -2.04. The maximum atomic E-state index is 12.3. The van der Waals surface area contributed by atoms with Gasteiger partial charge in [0.25, 0.3) is 0 Å². The molecular weight excluding hydrogens is 221 g/mol. The summed E-state index contributed by atoms with van der Waals surface area (Å²) in [7, 11) is 0. The summed E-state index contributed by atoms with van der Waals surface area (Å²) in [5, 5.41) is 13.1. The Balaban J connectivity index is 2.14. The van der Waals surface area contributed by atoms with Crippen molar-refractivity contribution in [3.63, 3.8) is 0 Å². The van der Waals surface area contributed by atoms with Crippen LogP contribution in [0.3, 0.4) is 0 Å². The van der Waals surface area contributed by atoms with Crippen LogP contribution in [0.15, 0.2) is 24.3 Å². The lowest BCUT2D eigenvalue weighted by Gasteiger charge is -2.06. The van der Waals surface area contributed by atoms with Crippen LogP contribution in [0.4, 0.5) is 13.2 Å². The molecule has 0 amide bonds. The Morgan fingerprint density at radius 1 is 1.12 bits per heavy atom. The van der Waals surface area contributed by atoms with Crippen LogP contribution in [-0.2, 0) is 12.6 Å². The Morgan fingerprint density at radius 3 is 2.31 bits per heavy atom. The summed E-state index contributed by atoms with van der Waals surface area (Å²) in [6.45, 7) is 0. The first-order valence-electron chi connectivity index (χ1n) is 4.44. The zero-order valence-electron chi connectivity index (χ0n) is 7.99. The number of tetrazole rings is 1. The van der Waals surface area contributed by atoms with Crippen molar-refractivity contribution in [3.05, 3.63) is 41.2 Å². The Kier molecular flexibility index (Phi) is 2.59. The van der Waals surface area contributed by atoms with Crippen LogP contribution in [0, 0.1) is 0 Å². The molecule has 0 aliphatic heterocycles. The van der Waals surface area contributed by atoms with Gasteiger partial charge in [-0.25, -0.2) is 0 Å². The SMILES string of the molecule is FC(F)(F)c1ccc(Cc2nn[nH]n2)cc1. The van der Waals surface area contributed by atoms with Crippen molar-refractivity contribution >= 4 is 0 Å². The number of aromatic amines is 1. The largest absolute Gasteiger partial charge is 0.416 e. The van der Waals surface area contributed by atoms with Crippen molar-refractivity contribution in [1.82, 2.24) is 20.6 Å². The monoisotopic (exact) mass is 228 g/mol. The zero-order chi connectivity index (χ0) is 11.6. The van der Waals surface area contributed by atoms with E-state index in [-0.39, 0.29) is 0 Å². The molecule has 1 aromatic carbocycles. The third-order valence-corrected chi connectivity index (χ3v) is 2.03. The number of benzene rings is 1. The quantitative estimate of drug-likeness (QED) is 0.852. The summed E-state index contributed by atoms with van der Waals surface area (Å²) in [6, 6.07) is 4.88. The summed E-state index contributed by atoms with van der Waals surface area (Å²) in [4.78, 5) is 0. The molecule has 0 saturated heterocycles. The minimum atomic E-state index is -4.30. The van der Waals surface area contributed by atoms with E-state index in [1.807, 2.05) is 0 Å². The predicted octanol–water partition coefficient (Wildman–Crippen LogP) is 1.81. The number of H-pyrrole nitrogens is 1. The van der Waals surface area contributed by atoms with Crippen molar-refractivity contribution < 1.29 is 13.2 Å². The minimum Gasteiger partial charge on any atom is -0.177 e. The highest BCUT2D eigenvalue weighted by molar-refractivity contribution is 5.26. The normalized spacial score (nSPS) is 11.7. The fourth-order valence-electron chi connectivity index (χ4n) is 1.25. The summed E-state index contributed by atoms with van der Waals surface area (Å²) in [5.74, 6) is 0.444. The molecule has 0 unspecified atom stereocenters. The lowest BCUT2D eigenvalue weighted by atomic mass is 10.1. The van der Waals surface area contributed by atoms with E-state index in [0.29, 0.717) is 17.8 Å². The second-order valence-corrected chi connectivity index (χ2v) is 3.20. The first kappa shape index (κ1) is 10.6. The average Bonchev–Trinajstić information content (AvgIpc) is 2.70. The first-order chi connectivity index (χ1) is 7.55. The molecule has 1 heterocycles. The summed E-state index contributed by atoms with van der Waals surface area (Å²) >= 11 is 0. The van der Waals surface area contributed by atoms with Gasteiger partial charge in [0.2, 0.25) is 0 Å². The molecule has 0 atom stereocenters. The summed E-state index contributed by atoms with van der Waals surface area (Å²) in [6.07, 6.45) is -3.95. The van der Waals surface area contributed by atoms with Gasteiger partial charge in [-0.15, -0.1) is 10.2 Å². The Bertz CT molecular complexity index is 447. The van der Waals surface area contributed by atoms with Crippen LogP contribution in [0.1, 0.15) is 17.0 Å². The highest BCUT2D eigenvalue weighted by Gasteiger charge is 2.29. The van der Waals surface area contributed by atoms with Gasteiger partial charge >= 0.3 is 6.18 Å². The molecule has 0 bridgehead atoms. The molecule has 0 saturated carbocycles. The number of alkyl halides is 3. The van der Waals surface area contributed by atoms with Crippen molar-refractivity contribution in [2.75, 3.05) is 0 Å². The van der Waals surface area contributed by atoms with Gasteiger partial charge in [0.05, 0.1) is 5.56 Å². The molecule has 0 radical (unpaired) electrons. The van der Waals surface area contributed by atoms with Gasteiger partial charge in [-0.05, 0) is 17.7 Å². The van der Waals surface area contributed by atoms with Gasteiger partial charge in [-0.1, -0.05) is 17.3 Å². The summed E-state index contributed by atoms with van der Waals surface area (Å²) in [5.41, 5.74) is 0.0405. The Labute approximate surface area is 88.5 Å². The second kappa shape index (κ2) is 3.92. The Hall–Kier alpha value is -1.92. The van der Waals surface area contributed by atoms with E-state index >= 15 is 0 Å². The van der Waals surface area contributed by atoms with Gasteiger partial charge in [-0.3, -0.25) is 0 Å². The van der Waals surface area contributed by atoms with Crippen molar-refractivity contribution in [2.24, 2.45) is 0 Å². The molecule has 0 spiro atoms. The zero-order valence-corrected chi connectivity index (χ0v) is 7.99. The fraction of sp³-hybridized carbons (Fsp3) is 0.222. The van der Waals surface area contributed by atoms with E-state index in [1.165, 1.54) is 12.1 Å². The molecule has 2 rings (SSSR count). The number of nitrogens with zero attached hydrogens (tertiary/aromatic N) is 3. The van der Waals surface area contributed by atoms with Gasteiger partial charge in [0.15, 0.2) is 5.82 Å². The van der Waals surface area contributed by atoms with Crippen LogP contribution in [0.25, 0.3) is 0 Å². The number of nitrogens with one attached hydrogen (secondary N) is 1. The minimum absolute atomic E-state index is 0.356. The maximum absolute atomic E-state index is 12.3. The van der Waals surface area contributed by atoms with Crippen LogP contribution in [0.5, 0.6) is 0 Å². The lowest BCUT2D eigenvalue weighted by molar-refractivity contribution is -0.137. The van der Waals surface area contributed by atoms with Gasteiger partial charge < -0.3 is 0 Å². The molecule has 2 aromatic rings. The van der Waals surface area contributed by atoms with Crippen LogP contribution >= 0.6 is 0 Å². The number of rotatable bonds is 2. The highest BCUT2D eigenvalue weighted by Crippen LogP contribution is 2.29. The number of hydrogen-bond acceptors (Lipinski definition) is 3. The van der Waals surface area contributed by atoms with Gasteiger partial charge in [0.1, 0.15) is 0 Å². The number of hydrogen-bond donors (Lipinski definition) is 1. The fourth-order valence-corrected chi connectivity index (χ4v) is 1.25. The molecule has 1 aromatic heterocycles. The third-order valence-electron chi connectivity index (χ3n) is 2.03. The first-order valence-corrected chi connectivity index (χ1v) is 4.44. The number of aromatic nitrogens is 4. The van der Waals surface area contributed by atoms with E-state index in [2.05, 4.69) is 20.6 Å². The van der Waals surface area contributed by atoms with Crippen LogP contribution < -0.4 is 0 Å². The maximum Gasteiger partial charge on any atom is 0.416 e. The van der Waals surface area contributed by atoms with E-state index in [9.17, 15) is 13.2 Å². The molecule has 84 valence electrons. The highest BCUT2D eigenvalue weighted by atomic mass is 19.4. The van der Waals surface area contributed by atoms with E-state index in [4.69, 9.17) is 0 Å².